The maximum Gasteiger partial charge on any atom is 0.252 e. The minimum absolute atomic E-state index is 0.0393. The Kier molecular flexibility index (Phi) is 5.90. The van der Waals surface area contributed by atoms with E-state index in [-0.39, 0.29) is 24.2 Å². The molecule has 4 atom stereocenters. The molecule has 2 aromatic rings. The molecule has 0 aliphatic carbocycles. The fourth-order valence-electron chi connectivity index (χ4n) is 5.12. The molecule has 3 aliphatic heterocycles. The number of rotatable bonds is 4. The van der Waals surface area contributed by atoms with Crippen LogP contribution < -0.4 is 26.4 Å². The van der Waals surface area contributed by atoms with E-state index in [0.29, 0.717) is 11.5 Å². The predicted octanol–water partition coefficient (Wildman–Crippen LogP) is 0.363. The normalized spacial score (nSPS) is 28.5. The monoisotopic (exact) mass is 438 g/mol. The molecule has 1 aromatic heterocycles. The third-order valence-corrected chi connectivity index (χ3v) is 7.39. The van der Waals surface area contributed by atoms with Crippen LogP contribution in [0.15, 0.2) is 30.5 Å². The van der Waals surface area contributed by atoms with Crippen LogP contribution in [0.1, 0.15) is 34.1 Å². The molecule has 9 heteroatoms. The van der Waals surface area contributed by atoms with Crippen molar-refractivity contribution in [1.82, 2.24) is 36.2 Å². The number of piperidine rings is 1. The summed E-state index contributed by atoms with van der Waals surface area (Å²) >= 11 is 0. The number of fused-ring (bicyclic) bond motifs is 1. The molecule has 3 fully saturated rings. The van der Waals surface area contributed by atoms with Crippen molar-refractivity contribution < 1.29 is 4.79 Å². The fourth-order valence-corrected chi connectivity index (χ4v) is 5.12. The molecule has 3 aliphatic rings. The van der Waals surface area contributed by atoms with Crippen LogP contribution >= 0.6 is 0 Å². The van der Waals surface area contributed by atoms with E-state index in [4.69, 9.17) is 0 Å². The van der Waals surface area contributed by atoms with Gasteiger partial charge in [0.05, 0.1) is 12.4 Å². The van der Waals surface area contributed by atoms with E-state index in [2.05, 4.69) is 62.5 Å². The highest BCUT2D eigenvalue weighted by molar-refractivity contribution is 5.94. The zero-order valence-electron chi connectivity index (χ0n) is 19.1. The number of aryl methyl sites for hydroxylation is 1. The van der Waals surface area contributed by atoms with Crippen molar-refractivity contribution in [3.63, 3.8) is 0 Å². The van der Waals surface area contributed by atoms with E-state index in [1.165, 1.54) is 16.9 Å². The lowest BCUT2D eigenvalue weighted by Gasteiger charge is -2.34. The molecule has 0 radical (unpaired) electrons. The van der Waals surface area contributed by atoms with Gasteiger partial charge in [0.1, 0.15) is 0 Å². The Morgan fingerprint density at radius 1 is 1.09 bits per heavy atom. The summed E-state index contributed by atoms with van der Waals surface area (Å²) in [4.78, 5) is 17.7. The topological polar surface area (TPSA) is 89.5 Å². The van der Waals surface area contributed by atoms with Gasteiger partial charge in [-0.2, -0.15) is 5.10 Å². The van der Waals surface area contributed by atoms with E-state index in [9.17, 15) is 4.79 Å². The SMILES string of the molecule is Cc1c(C2CC3C(CN2)NNC3NC(=O)c2ccc(N3CCN(C)CC3)cc2)cnn1C. The predicted molar refractivity (Wildman–Crippen MR) is 124 cm³/mol. The number of likely N-dealkylation sites (N-methyl/N-ethyl adjacent to an activating group) is 1. The lowest BCUT2D eigenvalue weighted by Crippen LogP contribution is -2.49. The van der Waals surface area contributed by atoms with E-state index >= 15 is 0 Å². The maximum absolute atomic E-state index is 13.0. The maximum atomic E-state index is 13.0. The number of piperazine rings is 1. The van der Waals surface area contributed by atoms with Gasteiger partial charge in [-0.05, 0) is 44.7 Å². The van der Waals surface area contributed by atoms with Crippen LogP contribution in [0.25, 0.3) is 0 Å². The molecular weight excluding hydrogens is 404 g/mol. The van der Waals surface area contributed by atoms with Crippen molar-refractivity contribution in [2.24, 2.45) is 13.0 Å². The number of hydrazine groups is 1. The fraction of sp³-hybridized carbons (Fsp3) is 0.565. The zero-order chi connectivity index (χ0) is 22.2. The standard InChI is InChI=1S/C23H34N8O/c1-15-19(13-25-30(15)3)20-12-18-21(14-24-20)27-28-22(18)26-23(32)16-4-6-17(7-5-16)31-10-8-29(2)9-11-31/h4-7,13,18,20-22,24,27-28H,8-12,14H2,1-3H3,(H,26,32). The highest BCUT2D eigenvalue weighted by Gasteiger charge is 2.41. The van der Waals surface area contributed by atoms with Crippen LogP contribution in [0, 0.1) is 12.8 Å². The van der Waals surface area contributed by atoms with E-state index < -0.39 is 0 Å². The van der Waals surface area contributed by atoms with Gasteiger partial charge in [-0.1, -0.05) is 0 Å². The molecule has 3 saturated heterocycles. The Morgan fingerprint density at radius 2 is 1.84 bits per heavy atom. The number of amides is 1. The highest BCUT2D eigenvalue weighted by Crippen LogP contribution is 2.32. The number of hydrogen-bond acceptors (Lipinski definition) is 7. The zero-order valence-corrected chi connectivity index (χ0v) is 19.1. The van der Waals surface area contributed by atoms with Gasteiger partial charge in [-0.25, -0.2) is 5.43 Å². The number of carbonyl (C=O) groups is 1. The van der Waals surface area contributed by atoms with Gasteiger partial charge in [0.25, 0.3) is 5.91 Å². The molecule has 0 spiro atoms. The van der Waals surface area contributed by atoms with Crippen LogP contribution in [0.2, 0.25) is 0 Å². The summed E-state index contributed by atoms with van der Waals surface area (Å²) in [7, 11) is 4.13. The quantitative estimate of drug-likeness (QED) is 0.548. The first-order valence-corrected chi connectivity index (χ1v) is 11.6. The van der Waals surface area contributed by atoms with Crippen molar-refractivity contribution >= 4 is 11.6 Å². The molecule has 32 heavy (non-hydrogen) atoms. The average Bonchev–Trinajstić information content (AvgIpc) is 3.37. The molecule has 1 amide bonds. The Morgan fingerprint density at radius 3 is 2.53 bits per heavy atom. The lowest BCUT2D eigenvalue weighted by atomic mass is 9.85. The minimum Gasteiger partial charge on any atom is -0.369 e. The molecule has 4 unspecified atom stereocenters. The molecule has 0 saturated carbocycles. The summed E-state index contributed by atoms with van der Waals surface area (Å²) in [5.74, 6) is 0.261. The molecule has 4 N–H and O–H groups in total. The van der Waals surface area contributed by atoms with Crippen LogP contribution in [0.3, 0.4) is 0 Å². The van der Waals surface area contributed by atoms with Crippen molar-refractivity contribution in [2.45, 2.75) is 31.6 Å². The summed E-state index contributed by atoms with van der Waals surface area (Å²) in [6.45, 7) is 7.14. The molecule has 4 heterocycles. The Labute approximate surface area is 189 Å². The number of hydrogen-bond donors (Lipinski definition) is 4. The number of aromatic nitrogens is 2. The van der Waals surface area contributed by atoms with Crippen molar-refractivity contribution in [2.75, 3.05) is 44.7 Å². The van der Waals surface area contributed by atoms with E-state index in [0.717, 1.165) is 39.1 Å². The average molecular weight is 439 g/mol. The number of anilines is 1. The lowest BCUT2D eigenvalue weighted by molar-refractivity contribution is 0.0914. The first-order chi connectivity index (χ1) is 15.5. The second kappa shape index (κ2) is 8.82. The third-order valence-electron chi connectivity index (χ3n) is 7.39. The first-order valence-electron chi connectivity index (χ1n) is 11.6. The molecule has 172 valence electrons. The molecular formula is C23H34N8O. The summed E-state index contributed by atoms with van der Waals surface area (Å²) in [6, 6.07) is 8.53. The van der Waals surface area contributed by atoms with Gasteiger partial charge in [-0.15, -0.1) is 0 Å². The number of benzene rings is 1. The van der Waals surface area contributed by atoms with Crippen LogP contribution in [0.4, 0.5) is 5.69 Å². The molecule has 0 bridgehead atoms. The summed E-state index contributed by atoms with van der Waals surface area (Å²) < 4.78 is 1.92. The minimum atomic E-state index is -0.105. The van der Waals surface area contributed by atoms with Gasteiger partial charge in [0, 0.05) is 80.3 Å². The van der Waals surface area contributed by atoms with Gasteiger partial charge in [-0.3, -0.25) is 14.9 Å². The van der Waals surface area contributed by atoms with Gasteiger partial charge >= 0.3 is 0 Å². The number of carbonyl (C=O) groups excluding carboxylic acids is 1. The summed E-state index contributed by atoms with van der Waals surface area (Å²) in [6.07, 6.45) is 2.79. The first kappa shape index (κ1) is 21.4. The van der Waals surface area contributed by atoms with Crippen molar-refractivity contribution in [3.05, 3.63) is 47.3 Å². The number of nitrogens with zero attached hydrogens (tertiary/aromatic N) is 4. The summed E-state index contributed by atoms with van der Waals surface area (Å²) in [5, 5.41) is 11.2. The molecule has 1 aromatic carbocycles. The Bertz CT molecular complexity index is 949. The van der Waals surface area contributed by atoms with E-state index in [1.807, 2.05) is 30.1 Å². The second-order valence-electron chi connectivity index (χ2n) is 9.35. The highest BCUT2D eigenvalue weighted by atomic mass is 16.1. The molecule has 5 rings (SSSR count). The second-order valence-corrected chi connectivity index (χ2v) is 9.35. The van der Waals surface area contributed by atoms with Crippen molar-refractivity contribution in [3.8, 4) is 0 Å². The van der Waals surface area contributed by atoms with Gasteiger partial charge in [0.15, 0.2) is 0 Å². The Balaban J connectivity index is 1.22. The summed E-state index contributed by atoms with van der Waals surface area (Å²) in [5.41, 5.74) is 11.0. The van der Waals surface area contributed by atoms with Crippen LogP contribution in [-0.2, 0) is 7.05 Å². The smallest absolute Gasteiger partial charge is 0.252 e. The van der Waals surface area contributed by atoms with Crippen LogP contribution in [0.5, 0.6) is 0 Å². The van der Waals surface area contributed by atoms with Gasteiger partial charge < -0.3 is 20.4 Å². The third kappa shape index (κ3) is 4.13. The van der Waals surface area contributed by atoms with Crippen LogP contribution in [-0.4, -0.2) is 72.6 Å². The molecule has 9 nitrogen and oxygen atoms in total. The van der Waals surface area contributed by atoms with Gasteiger partial charge in [0.2, 0.25) is 0 Å². The Hall–Kier alpha value is -2.46. The largest absolute Gasteiger partial charge is 0.369 e. The number of nitrogens with one attached hydrogen (secondary N) is 4. The van der Waals surface area contributed by atoms with E-state index in [1.54, 1.807) is 0 Å². The van der Waals surface area contributed by atoms with Crippen molar-refractivity contribution in [1.29, 1.82) is 0 Å².